The van der Waals surface area contributed by atoms with Crippen molar-refractivity contribution in [2.45, 2.75) is 55.4 Å². The van der Waals surface area contributed by atoms with E-state index in [0.717, 1.165) is 10.3 Å². The minimum absolute atomic E-state index is 0.103. The Balaban J connectivity index is 0. The largest absolute Gasteiger partial charge is 0.446 e. The molecule has 2 aromatic heterocycles. The van der Waals surface area contributed by atoms with Gasteiger partial charge in [0, 0.05) is 12.3 Å². The number of thioether (sulfide) groups is 1. The highest BCUT2D eigenvalue weighted by atomic mass is 79.9. The summed E-state index contributed by atoms with van der Waals surface area (Å²) in [7, 11) is 0. The van der Waals surface area contributed by atoms with Gasteiger partial charge >= 0.3 is 5.76 Å². The molecule has 0 atom stereocenters. The average Bonchev–Trinajstić information content (AvgIpc) is 3.47. The highest BCUT2D eigenvalue weighted by Crippen LogP contribution is 2.26. The van der Waals surface area contributed by atoms with Gasteiger partial charge in [-0.3, -0.25) is 4.52 Å². The molecule has 0 radical (unpaired) electrons. The summed E-state index contributed by atoms with van der Waals surface area (Å²) in [6, 6.07) is 4.09. The maximum absolute atomic E-state index is 13.4. The molecule has 0 saturated heterocycles. The lowest BCUT2D eigenvalue weighted by Crippen LogP contribution is -2.14. The fourth-order valence-corrected chi connectivity index (χ4v) is 2.65. The van der Waals surface area contributed by atoms with Crippen LogP contribution in [0.5, 0.6) is 0 Å². The Morgan fingerprint density at radius 3 is 2.25 bits per heavy atom. The Hall–Kier alpha value is -2.14. The smallest absolute Gasteiger partial charge is 0.364 e. The Morgan fingerprint density at radius 2 is 1.69 bits per heavy atom. The number of anilines is 1. The van der Waals surface area contributed by atoms with Crippen LogP contribution >= 0.6 is 27.7 Å². The van der Waals surface area contributed by atoms with Gasteiger partial charge in [0.15, 0.2) is 5.69 Å². The van der Waals surface area contributed by atoms with Crippen LogP contribution in [0.15, 0.2) is 36.6 Å². The quantitative estimate of drug-likeness (QED) is 0.350. The van der Waals surface area contributed by atoms with E-state index >= 15 is 0 Å². The second-order valence-electron chi connectivity index (χ2n) is 4.59. The van der Waals surface area contributed by atoms with Crippen LogP contribution in [-0.2, 0) is 0 Å². The number of nitrogens with one attached hydrogen (secondary N) is 1. The third-order valence-corrected chi connectivity index (χ3v) is 4.29. The first-order valence-electron chi connectivity index (χ1n) is 10.7. The van der Waals surface area contributed by atoms with Crippen LogP contribution < -0.4 is 11.1 Å². The van der Waals surface area contributed by atoms with Crippen molar-refractivity contribution in [3.63, 3.8) is 0 Å². The van der Waals surface area contributed by atoms with Crippen molar-refractivity contribution < 1.29 is 13.5 Å². The van der Waals surface area contributed by atoms with Gasteiger partial charge in [-0.25, -0.2) is 18.4 Å². The molecule has 3 aromatic rings. The van der Waals surface area contributed by atoms with E-state index in [2.05, 4.69) is 36.7 Å². The van der Waals surface area contributed by atoms with Crippen molar-refractivity contribution in [2.24, 2.45) is 0 Å². The van der Waals surface area contributed by atoms with E-state index in [-0.39, 0.29) is 16.0 Å². The van der Waals surface area contributed by atoms with Gasteiger partial charge in [-0.2, -0.15) is 11.8 Å². The first kappa shape index (κ1) is 32.0. The SMILES string of the molecule is CC.CC.CC.CC.CSCCNc1nonc1-c1noc(=O)n1-c1ccc(F)c(Br)c1. The molecule has 11 heteroatoms. The standard InChI is InChI=1S/C13H11BrFN5O3S.4C2H6/c1-24-5-4-16-11-10(17-23-18-11)12-19-22-13(21)20(12)7-2-3-9(15)8(14)6-7;4*1-2/h2-3,6H,4-5H2,1H3,(H,16,18);4*1-2H3. The number of benzene rings is 1. The Bertz CT molecular complexity index is 915. The Kier molecular flexibility index (Phi) is 19.6. The number of hydrogen-bond acceptors (Lipinski definition) is 8. The van der Waals surface area contributed by atoms with Crippen molar-refractivity contribution in [1.82, 2.24) is 20.0 Å². The molecule has 0 saturated carbocycles. The van der Waals surface area contributed by atoms with E-state index < -0.39 is 11.6 Å². The Labute approximate surface area is 202 Å². The molecule has 1 N–H and O–H groups in total. The molecule has 0 bridgehead atoms. The topological polar surface area (TPSA) is 99.0 Å². The van der Waals surface area contributed by atoms with Gasteiger partial charge < -0.3 is 5.32 Å². The maximum Gasteiger partial charge on any atom is 0.446 e. The van der Waals surface area contributed by atoms with Gasteiger partial charge in [-0.1, -0.05) is 60.5 Å². The van der Waals surface area contributed by atoms with Crippen molar-refractivity contribution >= 4 is 33.5 Å². The van der Waals surface area contributed by atoms with E-state index in [9.17, 15) is 9.18 Å². The second kappa shape index (κ2) is 19.5. The summed E-state index contributed by atoms with van der Waals surface area (Å²) in [5.41, 5.74) is 0.588. The van der Waals surface area contributed by atoms with Crippen LogP contribution in [0.25, 0.3) is 17.2 Å². The van der Waals surface area contributed by atoms with Crippen molar-refractivity contribution in [1.29, 1.82) is 0 Å². The van der Waals surface area contributed by atoms with Crippen molar-refractivity contribution in [3.8, 4) is 17.2 Å². The summed E-state index contributed by atoms with van der Waals surface area (Å²) >= 11 is 4.74. The first-order chi connectivity index (χ1) is 15.6. The van der Waals surface area contributed by atoms with Crippen LogP contribution in [0.2, 0.25) is 0 Å². The van der Waals surface area contributed by atoms with E-state index in [1.54, 1.807) is 11.8 Å². The second-order valence-corrected chi connectivity index (χ2v) is 6.43. The van der Waals surface area contributed by atoms with Crippen LogP contribution in [0.3, 0.4) is 0 Å². The third kappa shape index (κ3) is 9.15. The highest BCUT2D eigenvalue weighted by molar-refractivity contribution is 9.10. The van der Waals surface area contributed by atoms with E-state index in [1.165, 1.54) is 18.2 Å². The number of halogens is 2. The minimum atomic E-state index is -0.735. The summed E-state index contributed by atoms with van der Waals surface area (Å²) in [5.74, 6) is 0.107. The molecule has 8 nitrogen and oxygen atoms in total. The molecular weight excluding hydrogens is 501 g/mol. The molecule has 0 aliphatic rings. The summed E-state index contributed by atoms with van der Waals surface area (Å²) in [5, 5.41) is 14.3. The summed E-state index contributed by atoms with van der Waals surface area (Å²) in [4.78, 5) is 12.0. The van der Waals surface area contributed by atoms with E-state index in [4.69, 9.17) is 9.15 Å². The fraction of sp³-hybridized carbons (Fsp3) is 0.524. The Morgan fingerprint density at radius 1 is 1.06 bits per heavy atom. The normalized spacial score (nSPS) is 8.97. The zero-order chi connectivity index (χ0) is 25.1. The predicted octanol–water partition coefficient (Wildman–Crippen LogP) is 6.66. The third-order valence-electron chi connectivity index (χ3n) is 3.06. The lowest BCUT2D eigenvalue weighted by Gasteiger charge is -2.05. The molecule has 2 heterocycles. The molecule has 0 fully saturated rings. The predicted molar refractivity (Wildman–Crippen MR) is 135 cm³/mol. The number of aromatic nitrogens is 4. The van der Waals surface area contributed by atoms with Gasteiger partial charge in [0.2, 0.25) is 11.6 Å². The molecular formula is C21H35BrFN5O3S. The van der Waals surface area contributed by atoms with Crippen LogP contribution in [-0.4, -0.2) is 38.6 Å². The molecule has 0 aliphatic carbocycles. The average molecular weight is 537 g/mol. The molecule has 0 amide bonds. The first-order valence-corrected chi connectivity index (χ1v) is 12.9. The molecule has 1 aromatic carbocycles. The van der Waals surface area contributed by atoms with Crippen LogP contribution in [0.4, 0.5) is 10.2 Å². The molecule has 0 spiro atoms. The molecule has 0 unspecified atom stereocenters. The van der Waals surface area contributed by atoms with E-state index in [1.807, 2.05) is 61.6 Å². The maximum atomic E-state index is 13.4. The van der Waals surface area contributed by atoms with Gasteiger partial charge in [0.1, 0.15) is 5.82 Å². The molecule has 0 aliphatic heterocycles. The van der Waals surface area contributed by atoms with Gasteiger partial charge in [-0.05, 0) is 50.7 Å². The van der Waals surface area contributed by atoms with E-state index in [0.29, 0.717) is 18.1 Å². The van der Waals surface area contributed by atoms with Gasteiger partial charge in [0.25, 0.3) is 0 Å². The highest BCUT2D eigenvalue weighted by Gasteiger charge is 2.22. The minimum Gasteiger partial charge on any atom is -0.364 e. The molecule has 3 rings (SSSR count). The van der Waals surface area contributed by atoms with Gasteiger partial charge in [0.05, 0.1) is 10.2 Å². The van der Waals surface area contributed by atoms with Crippen LogP contribution in [0.1, 0.15) is 55.4 Å². The van der Waals surface area contributed by atoms with Crippen molar-refractivity contribution in [2.75, 3.05) is 23.9 Å². The number of nitrogens with zero attached hydrogens (tertiary/aromatic N) is 4. The number of rotatable bonds is 6. The summed E-state index contributed by atoms with van der Waals surface area (Å²) in [6.07, 6.45) is 1.98. The zero-order valence-electron chi connectivity index (χ0n) is 20.3. The lowest BCUT2D eigenvalue weighted by molar-refractivity contribution is 0.309. The zero-order valence-corrected chi connectivity index (χ0v) is 22.7. The summed E-state index contributed by atoms with van der Waals surface area (Å²) in [6.45, 7) is 16.6. The number of hydrogen-bond donors (Lipinski definition) is 1. The molecule has 182 valence electrons. The van der Waals surface area contributed by atoms with Gasteiger partial charge in [-0.15, -0.1) is 0 Å². The summed E-state index contributed by atoms with van der Waals surface area (Å²) < 4.78 is 24.3. The monoisotopic (exact) mass is 535 g/mol. The molecule has 32 heavy (non-hydrogen) atoms. The lowest BCUT2D eigenvalue weighted by atomic mass is 10.3. The van der Waals surface area contributed by atoms with Crippen molar-refractivity contribution in [3.05, 3.63) is 39.0 Å². The van der Waals surface area contributed by atoms with Crippen LogP contribution in [0, 0.1) is 5.82 Å². The fourth-order valence-electron chi connectivity index (χ4n) is 1.97.